The Labute approximate surface area is 169 Å². The number of esters is 2. The molecule has 2 heterocycles. The molecule has 1 aromatic carbocycles. The van der Waals surface area contributed by atoms with Gasteiger partial charge in [-0.05, 0) is 31.5 Å². The highest BCUT2D eigenvalue weighted by Gasteiger charge is 2.28. The zero-order chi connectivity index (χ0) is 21.1. The average molecular weight is 415 g/mol. The lowest BCUT2D eigenvalue weighted by Crippen LogP contribution is -2.21. The summed E-state index contributed by atoms with van der Waals surface area (Å²) in [5, 5.41) is 3.18. The molecule has 0 aliphatic carbocycles. The minimum atomic E-state index is -0.819. The van der Waals surface area contributed by atoms with Crippen molar-refractivity contribution in [2.45, 2.75) is 13.8 Å². The van der Waals surface area contributed by atoms with E-state index in [1.165, 1.54) is 13.2 Å². The SMILES string of the molecule is CCOC(=O)c1c(NC(=O)c2cc3ccccc3oc2=O)sc(C(=O)OC)c1C. The summed E-state index contributed by atoms with van der Waals surface area (Å²) in [6, 6.07) is 8.17. The third-order valence-corrected chi connectivity index (χ3v) is 5.30. The standard InChI is InChI=1S/C20H17NO7S/c1-4-27-19(24)14-10(2)15(20(25)26-3)29-17(14)21-16(22)12-9-11-7-5-6-8-13(11)28-18(12)23/h5-9H,4H2,1-3H3,(H,21,22). The summed E-state index contributed by atoms with van der Waals surface area (Å²) < 4.78 is 14.9. The zero-order valence-electron chi connectivity index (χ0n) is 15.9. The first kappa shape index (κ1) is 20.3. The number of ether oxygens (including phenoxy) is 2. The Kier molecular flexibility index (Phi) is 5.79. The van der Waals surface area contributed by atoms with E-state index < -0.39 is 23.5 Å². The second kappa shape index (κ2) is 8.27. The normalized spacial score (nSPS) is 10.6. The maximum absolute atomic E-state index is 12.7. The van der Waals surface area contributed by atoms with Gasteiger partial charge in [0.05, 0.1) is 19.3 Å². The van der Waals surface area contributed by atoms with E-state index in [-0.39, 0.29) is 27.6 Å². The first-order chi connectivity index (χ1) is 13.9. The molecule has 0 atom stereocenters. The van der Waals surface area contributed by atoms with Gasteiger partial charge in [0.1, 0.15) is 21.0 Å². The third-order valence-electron chi connectivity index (χ3n) is 4.11. The van der Waals surface area contributed by atoms with Gasteiger partial charge in [-0.15, -0.1) is 11.3 Å². The Morgan fingerprint density at radius 1 is 1.17 bits per heavy atom. The summed E-state index contributed by atoms with van der Waals surface area (Å²) in [7, 11) is 1.21. The van der Waals surface area contributed by atoms with E-state index >= 15 is 0 Å². The molecule has 0 saturated carbocycles. The summed E-state index contributed by atoms with van der Waals surface area (Å²) in [5.41, 5.74) is -0.345. The number of carbonyl (C=O) groups is 3. The molecule has 3 rings (SSSR count). The topological polar surface area (TPSA) is 112 Å². The van der Waals surface area contributed by atoms with Crippen molar-refractivity contribution in [3.05, 3.63) is 62.3 Å². The van der Waals surface area contributed by atoms with Crippen LogP contribution < -0.4 is 10.9 Å². The smallest absolute Gasteiger partial charge is 0.349 e. The zero-order valence-corrected chi connectivity index (χ0v) is 16.7. The Balaban J connectivity index is 2.04. The number of amides is 1. The maximum Gasteiger partial charge on any atom is 0.349 e. The number of hydrogen-bond acceptors (Lipinski definition) is 8. The van der Waals surface area contributed by atoms with Crippen molar-refractivity contribution in [3.8, 4) is 0 Å². The highest BCUT2D eigenvalue weighted by atomic mass is 32.1. The fraction of sp³-hybridized carbons (Fsp3) is 0.200. The highest BCUT2D eigenvalue weighted by Crippen LogP contribution is 2.34. The van der Waals surface area contributed by atoms with Crippen molar-refractivity contribution in [2.24, 2.45) is 0 Å². The van der Waals surface area contributed by atoms with Gasteiger partial charge in [0.15, 0.2) is 0 Å². The predicted octanol–water partition coefficient (Wildman–Crippen LogP) is 3.38. The molecule has 3 aromatic rings. The highest BCUT2D eigenvalue weighted by molar-refractivity contribution is 7.18. The largest absolute Gasteiger partial charge is 0.465 e. The van der Waals surface area contributed by atoms with Crippen LogP contribution in [0.15, 0.2) is 39.5 Å². The molecule has 0 spiro atoms. The first-order valence-corrected chi connectivity index (χ1v) is 9.42. The van der Waals surface area contributed by atoms with Crippen LogP contribution in [0.4, 0.5) is 5.00 Å². The lowest BCUT2D eigenvalue weighted by atomic mass is 10.1. The van der Waals surface area contributed by atoms with Gasteiger partial charge in [-0.2, -0.15) is 0 Å². The minimum absolute atomic E-state index is 0.0378. The third kappa shape index (κ3) is 3.90. The quantitative estimate of drug-likeness (QED) is 0.502. The number of methoxy groups -OCH3 is 1. The Morgan fingerprint density at radius 3 is 2.59 bits per heavy atom. The van der Waals surface area contributed by atoms with Crippen molar-refractivity contribution in [1.82, 2.24) is 0 Å². The Hall–Kier alpha value is -3.46. The number of hydrogen-bond donors (Lipinski definition) is 1. The lowest BCUT2D eigenvalue weighted by molar-refractivity contribution is 0.0527. The van der Waals surface area contributed by atoms with E-state index in [0.29, 0.717) is 16.5 Å². The second-order valence-corrected chi connectivity index (χ2v) is 6.93. The van der Waals surface area contributed by atoms with Crippen LogP contribution in [0.25, 0.3) is 11.0 Å². The van der Waals surface area contributed by atoms with E-state index in [2.05, 4.69) is 5.32 Å². The lowest BCUT2D eigenvalue weighted by Gasteiger charge is -2.07. The van der Waals surface area contributed by atoms with Gasteiger partial charge in [-0.25, -0.2) is 14.4 Å². The summed E-state index contributed by atoms with van der Waals surface area (Å²) in [6.45, 7) is 3.30. The number of para-hydroxylation sites is 1. The number of anilines is 1. The van der Waals surface area contributed by atoms with Crippen LogP contribution in [0.5, 0.6) is 0 Å². The van der Waals surface area contributed by atoms with Crippen LogP contribution in [0.2, 0.25) is 0 Å². The summed E-state index contributed by atoms with van der Waals surface area (Å²) in [6.07, 6.45) is 0. The van der Waals surface area contributed by atoms with Crippen molar-refractivity contribution in [3.63, 3.8) is 0 Å². The van der Waals surface area contributed by atoms with Gasteiger partial charge in [0.2, 0.25) is 0 Å². The number of carbonyl (C=O) groups excluding carboxylic acids is 3. The predicted molar refractivity (Wildman–Crippen MR) is 107 cm³/mol. The van der Waals surface area contributed by atoms with E-state index in [1.54, 1.807) is 38.1 Å². The van der Waals surface area contributed by atoms with Gasteiger partial charge >= 0.3 is 17.6 Å². The molecule has 1 amide bonds. The molecule has 0 bridgehead atoms. The van der Waals surface area contributed by atoms with Gasteiger partial charge in [0.25, 0.3) is 5.91 Å². The molecule has 0 fully saturated rings. The van der Waals surface area contributed by atoms with E-state index in [0.717, 1.165) is 11.3 Å². The fourth-order valence-electron chi connectivity index (χ4n) is 2.73. The molecule has 150 valence electrons. The van der Waals surface area contributed by atoms with Crippen LogP contribution in [0.3, 0.4) is 0 Å². The van der Waals surface area contributed by atoms with Gasteiger partial charge in [0, 0.05) is 5.39 Å². The summed E-state index contributed by atoms with van der Waals surface area (Å²) in [4.78, 5) is 49.5. The van der Waals surface area contributed by atoms with E-state index in [4.69, 9.17) is 13.9 Å². The molecule has 0 aliphatic heterocycles. The van der Waals surface area contributed by atoms with Crippen LogP contribution >= 0.6 is 11.3 Å². The van der Waals surface area contributed by atoms with E-state index in [9.17, 15) is 19.2 Å². The number of nitrogens with one attached hydrogen (secondary N) is 1. The van der Waals surface area contributed by atoms with Crippen LogP contribution in [0, 0.1) is 6.92 Å². The second-order valence-electron chi connectivity index (χ2n) is 5.91. The van der Waals surface area contributed by atoms with Crippen LogP contribution in [0.1, 0.15) is 42.9 Å². The van der Waals surface area contributed by atoms with Gasteiger partial charge < -0.3 is 19.2 Å². The van der Waals surface area contributed by atoms with Crippen molar-refractivity contribution >= 4 is 45.2 Å². The molecule has 8 nitrogen and oxygen atoms in total. The average Bonchev–Trinajstić information content (AvgIpc) is 3.02. The van der Waals surface area contributed by atoms with Crippen molar-refractivity contribution in [2.75, 3.05) is 19.0 Å². The van der Waals surface area contributed by atoms with Crippen LogP contribution in [-0.4, -0.2) is 31.6 Å². The number of thiophene rings is 1. The number of fused-ring (bicyclic) bond motifs is 1. The van der Waals surface area contributed by atoms with Crippen molar-refractivity contribution in [1.29, 1.82) is 0 Å². The molecule has 0 aliphatic rings. The molecule has 1 N–H and O–H groups in total. The first-order valence-electron chi connectivity index (χ1n) is 8.60. The number of benzene rings is 1. The monoisotopic (exact) mass is 415 g/mol. The molecule has 29 heavy (non-hydrogen) atoms. The molecule has 0 saturated heterocycles. The van der Waals surface area contributed by atoms with Gasteiger partial charge in [-0.1, -0.05) is 18.2 Å². The fourth-order valence-corrected chi connectivity index (χ4v) is 3.84. The minimum Gasteiger partial charge on any atom is -0.465 e. The molecule has 9 heteroatoms. The van der Waals surface area contributed by atoms with Crippen molar-refractivity contribution < 1.29 is 28.3 Å². The molecule has 2 aromatic heterocycles. The summed E-state index contributed by atoms with van der Waals surface area (Å²) in [5.74, 6) is -2.12. The van der Waals surface area contributed by atoms with Gasteiger partial charge in [-0.3, -0.25) is 4.79 Å². The molecular formula is C20H17NO7S. The molecular weight excluding hydrogens is 398 g/mol. The van der Waals surface area contributed by atoms with Crippen LogP contribution in [-0.2, 0) is 9.47 Å². The Bertz CT molecular complexity index is 1180. The summed E-state index contributed by atoms with van der Waals surface area (Å²) >= 11 is 0.866. The Morgan fingerprint density at radius 2 is 1.90 bits per heavy atom. The van der Waals surface area contributed by atoms with E-state index in [1.807, 2.05) is 0 Å². The molecule has 0 unspecified atom stereocenters. The molecule has 0 radical (unpaired) electrons. The maximum atomic E-state index is 12.7. The number of rotatable bonds is 5.